The van der Waals surface area contributed by atoms with Crippen LogP contribution in [0.1, 0.15) is 32.4 Å². The van der Waals surface area contributed by atoms with Crippen molar-refractivity contribution in [3.05, 3.63) is 18.2 Å². The summed E-state index contributed by atoms with van der Waals surface area (Å²) in [6.07, 6.45) is 5.62. The van der Waals surface area contributed by atoms with Crippen LogP contribution in [0.25, 0.3) is 0 Å². The number of carboxylic acid groups (broad SMARTS) is 1. The first-order chi connectivity index (χ1) is 14.6. The van der Waals surface area contributed by atoms with Crippen LogP contribution in [-0.4, -0.2) is 75.4 Å². The predicted octanol–water partition coefficient (Wildman–Crippen LogP) is -0.751. The highest BCUT2D eigenvalue weighted by atomic mass is 32.2. The van der Waals surface area contributed by atoms with Crippen LogP contribution in [0.2, 0.25) is 0 Å². The van der Waals surface area contributed by atoms with Crippen LogP contribution in [0.15, 0.2) is 12.5 Å². The van der Waals surface area contributed by atoms with E-state index < -0.39 is 48.4 Å². The van der Waals surface area contributed by atoms with E-state index in [1.54, 1.807) is 0 Å². The molecule has 0 saturated carbocycles. The van der Waals surface area contributed by atoms with Crippen LogP contribution in [0.4, 0.5) is 0 Å². The fourth-order valence-corrected chi connectivity index (χ4v) is 3.22. The molecule has 3 atom stereocenters. The van der Waals surface area contributed by atoms with Gasteiger partial charge in [-0.1, -0.05) is 13.8 Å². The average molecular weight is 457 g/mol. The lowest BCUT2D eigenvalue weighted by molar-refractivity contribution is -0.141. The lowest BCUT2D eigenvalue weighted by Gasteiger charge is -2.21. The normalized spacial score (nSPS) is 13.8. The maximum atomic E-state index is 12.5. The fourth-order valence-electron chi connectivity index (χ4n) is 2.75. The van der Waals surface area contributed by atoms with Crippen molar-refractivity contribution in [3.63, 3.8) is 0 Å². The first-order valence-electron chi connectivity index (χ1n) is 9.96. The van der Waals surface area contributed by atoms with Crippen LogP contribution >= 0.6 is 11.8 Å². The van der Waals surface area contributed by atoms with Gasteiger partial charge >= 0.3 is 5.97 Å². The smallest absolute Gasteiger partial charge is 0.326 e. The Balaban J connectivity index is 2.61. The van der Waals surface area contributed by atoms with E-state index in [0.29, 0.717) is 24.3 Å². The molecular weight excluding hydrogens is 424 g/mol. The summed E-state index contributed by atoms with van der Waals surface area (Å²) >= 11 is 1.52. The lowest BCUT2D eigenvalue weighted by atomic mass is 10.0. The van der Waals surface area contributed by atoms with Crippen molar-refractivity contribution in [2.24, 2.45) is 11.7 Å². The SMILES string of the molecule is CSCCC(NC(=O)C(N)CC(C)C)C(=O)NCC(=O)NC(Cc1cnc[nH]1)C(=O)O. The van der Waals surface area contributed by atoms with Crippen molar-refractivity contribution in [1.29, 1.82) is 0 Å². The number of nitrogens with two attached hydrogens (primary N) is 1. The predicted molar refractivity (Wildman–Crippen MR) is 117 cm³/mol. The van der Waals surface area contributed by atoms with Crippen molar-refractivity contribution >= 4 is 35.5 Å². The minimum Gasteiger partial charge on any atom is -0.480 e. The number of aliphatic carboxylic acids is 1. The van der Waals surface area contributed by atoms with Gasteiger partial charge in [0.25, 0.3) is 0 Å². The Bertz CT molecular complexity index is 727. The van der Waals surface area contributed by atoms with Gasteiger partial charge in [0, 0.05) is 18.3 Å². The van der Waals surface area contributed by atoms with E-state index in [0.717, 1.165) is 0 Å². The number of nitrogens with one attached hydrogen (secondary N) is 4. The fraction of sp³-hybridized carbons (Fsp3) is 0.632. The largest absolute Gasteiger partial charge is 0.480 e. The van der Waals surface area contributed by atoms with Crippen molar-refractivity contribution in [2.75, 3.05) is 18.6 Å². The minimum atomic E-state index is -1.21. The second kappa shape index (κ2) is 13.7. The van der Waals surface area contributed by atoms with Gasteiger partial charge in [0.15, 0.2) is 0 Å². The third kappa shape index (κ3) is 10.3. The first kappa shape index (κ1) is 26.4. The Hall–Kier alpha value is -2.60. The summed E-state index contributed by atoms with van der Waals surface area (Å²) in [5, 5.41) is 16.8. The van der Waals surface area contributed by atoms with Gasteiger partial charge in [0.2, 0.25) is 17.7 Å². The molecular formula is C19H32N6O5S. The van der Waals surface area contributed by atoms with Gasteiger partial charge in [-0.3, -0.25) is 14.4 Å². The van der Waals surface area contributed by atoms with Crippen LogP contribution in [-0.2, 0) is 25.6 Å². The number of rotatable bonds is 14. The molecule has 0 spiro atoms. The number of nitrogens with zero attached hydrogens (tertiary/aromatic N) is 1. The molecule has 0 aromatic carbocycles. The first-order valence-corrected chi connectivity index (χ1v) is 11.3. The molecule has 7 N–H and O–H groups in total. The maximum Gasteiger partial charge on any atom is 0.326 e. The molecule has 1 heterocycles. The summed E-state index contributed by atoms with van der Waals surface area (Å²) in [4.78, 5) is 54.9. The van der Waals surface area contributed by atoms with Crippen LogP contribution in [0.3, 0.4) is 0 Å². The Kier molecular flexibility index (Phi) is 11.6. The molecule has 11 nitrogen and oxygen atoms in total. The summed E-state index contributed by atoms with van der Waals surface area (Å²) in [7, 11) is 0. The van der Waals surface area contributed by atoms with Crippen molar-refractivity contribution < 1.29 is 24.3 Å². The summed E-state index contributed by atoms with van der Waals surface area (Å²) in [6.45, 7) is 3.47. The molecule has 1 rings (SSSR count). The minimum absolute atomic E-state index is 0.0230. The summed E-state index contributed by atoms with van der Waals surface area (Å²) < 4.78 is 0. The highest BCUT2D eigenvalue weighted by molar-refractivity contribution is 7.98. The average Bonchev–Trinajstić information content (AvgIpc) is 3.21. The molecule has 0 saturated heterocycles. The quantitative estimate of drug-likeness (QED) is 0.211. The Morgan fingerprint density at radius 2 is 1.90 bits per heavy atom. The molecule has 0 bridgehead atoms. The topological polar surface area (TPSA) is 179 Å². The van der Waals surface area contributed by atoms with E-state index in [1.165, 1.54) is 24.3 Å². The second-order valence-electron chi connectivity index (χ2n) is 7.54. The van der Waals surface area contributed by atoms with Crippen LogP contribution in [0, 0.1) is 5.92 Å². The Labute approximate surface area is 185 Å². The lowest BCUT2D eigenvalue weighted by Crippen LogP contribution is -2.54. The van der Waals surface area contributed by atoms with Gasteiger partial charge in [-0.15, -0.1) is 0 Å². The number of aromatic nitrogens is 2. The Morgan fingerprint density at radius 3 is 2.45 bits per heavy atom. The van der Waals surface area contributed by atoms with Crippen molar-refractivity contribution in [3.8, 4) is 0 Å². The number of hydrogen-bond donors (Lipinski definition) is 6. The van der Waals surface area contributed by atoms with E-state index >= 15 is 0 Å². The summed E-state index contributed by atoms with van der Waals surface area (Å²) in [6, 6.07) is -2.75. The molecule has 0 aliphatic carbocycles. The number of carboxylic acids is 1. The molecule has 0 radical (unpaired) electrons. The molecule has 174 valence electrons. The molecule has 3 unspecified atom stereocenters. The number of hydrogen-bond acceptors (Lipinski definition) is 7. The molecule has 1 aromatic heterocycles. The van der Waals surface area contributed by atoms with Crippen molar-refractivity contribution in [1.82, 2.24) is 25.9 Å². The third-order valence-corrected chi connectivity index (χ3v) is 4.99. The van der Waals surface area contributed by atoms with E-state index in [1.807, 2.05) is 20.1 Å². The van der Waals surface area contributed by atoms with Crippen LogP contribution in [0.5, 0.6) is 0 Å². The molecule has 0 fully saturated rings. The number of imidazole rings is 1. The summed E-state index contributed by atoms with van der Waals surface area (Å²) in [5.41, 5.74) is 6.43. The van der Waals surface area contributed by atoms with E-state index in [2.05, 4.69) is 25.9 Å². The summed E-state index contributed by atoms with van der Waals surface area (Å²) in [5.74, 6) is -1.98. The molecule has 1 aromatic rings. The van der Waals surface area contributed by atoms with E-state index in [-0.39, 0.29) is 12.3 Å². The highest BCUT2D eigenvalue weighted by Crippen LogP contribution is 2.05. The number of carbonyl (C=O) groups excluding carboxylic acids is 3. The van der Waals surface area contributed by atoms with Crippen molar-refractivity contribution in [2.45, 2.75) is 51.2 Å². The van der Waals surface area contributed by atoms with E-state index in [4.69, 9.17) is 5.73 Å². The van der Waals surface area contributed by atoms with Crippen LogP contribution < -0.4 is 21.7 Å². The van der Waals surface area contributed by atoms with Gasteiger partial charge in [-0.2, -0.15) is 11.8 Å². The zero-order valence-corrected chi connectivity index (χ0v) is 18.8. The maximum absolute atomic E-state index is 12.5. The van der Waals surface area contributed by atoms with Gasteiger partial charge in [0.1, 0.15) is 12.1 Å². The standard InChI is InChI=1S/C19H32N6O5S/c1-11(2)6-13(20)17(27)25-14(4-5-31-3)18(28)22-9-16(26)24-15(19(29)30)7-12-8-21-10-23-12/h8,10-11,13-15H,4-7,9,20H2,1-3H3,(H,21,23)(H,22,28)(H,24,26)(H,25,27)(H,29,30). The molecule has 0 aliphatic heterocycles. The number of amides is 3. The van der Waals surface area contributed by atoms with Gasteiger partial charge < -0.3 is 31.8 Å². The van der Waals surface area contributed by atoms with Gasteiger partial charge in [0.05, 0.1) is 18.9 Å². The zero-order chi connectivity index (χ0) is 23.4. The van der Waals surface area contributed by atoms with Gasteiger partial charge in [-0.25, -0.2) is 9.78 Å². The number of H-pyrrole nitrogens is 1. The Morgan fingerprint density at radius 1 is 1.19 bits per heavy atom. The number of carbonyl (C=O) groups is 4. The van der Waals surface area contributed by atoms with Gasteiger partial charge in [-0.05, 0) is 30.8 Å². The second-order valence-corrected chi connectivity index (χ2v) is 8.52. The molecule has 3 amide bonds. The molecule has 0 aliphatic rings. The molecule has 31 heavy (non-hydrogen) atoms. The highest BCUT2D eigenvalue weighted by Gasteiger charge is 2.25. The third-order valence-electron chi connectivity index (χ3n) is 4.34. The monoisotopic (exact) mass is 456 g/mol. The number of aromatic amines is 1. The zero-order valence-electron chi connectivity index (χ0n) is 18.0. The number of thioether (sulfide) groups is 1. The van der Waals surface area contributed by atoms with E-state index in [9.17, 15) is 24.3 Å². The molecule has 12 heteroatoms.